The molecule has 7 atom stereocenters. The third-order valence-corrected chi connectivity index (χ3v) is 6.81. The molecule has 0 radical (unpaired) electrons. The van der Waals surface area contributed by atoms with E-state index < -0.39 is 18.7 Å². The van der Waals surface area contributed by atoms with Crippen LogP contribution in [0.5, 0.6) is 11.5 Å². The number of aromatic hydroxyl groups is 2. The molecule has 2 fully saturated rings. The predicted molar refractivity (Wildman–Crippen MR) is 131 cm³/mol. The molecule has 6 unspecified atom stereocenters. The SMILES string of the molecule is CCC1CC(CCCC(O)CC2C[C@H](C)OC(c3cccc(O)c3)O2)OC(c2ccccc2O)O1. The summed E-state index contributed by atoms with van der Waals surface area (Å²) < 4.78 is 24.3. The third-order valence-electron chi connectivity index (χ3n) is 6.81. The minimum atomic E-state index is -0.573. The molecule has 2 saturated heterocycles. The van der Waals surface area contributed by atoms with Crippen molar-refractivity contribution in [1.82, 2.24) is 0 Å². The number of aliphatic hydroxyl groups excluding tert-OH is 1. The Bertz CT molecular complexity index is 935. The molecular formula is C28H38O7. The largest absolute Gasteiger partial charge is 0.508 e. The first-order valence-corrected chi connectivity index (χ1v) is 12.8. The third kappa shape index (κ3) is 7.18. The number of rotatable bonds is 9. The fraction of sp³-hybridized carbons (Fsp3) is 0.571. The molecular weight excluding hydrogens is 448 g/mol. The number of para-hydroxylation sites is 1. The summed E-state index contributed by atoms with van der Waals surface area (Å²) >= 11 is 0. The maximum absolute atomic E-state index is 10.7. The van der Waals surface area contributed by atoms with Gasteiger partial charge in [0.1, 0.15) is 11.5 Å². The molecule has 3 N–H and O–H groups in total. The Labute approximate surface area is 207 Å². The Kier molecular flexibility index (Phi) is 9.03. The van der Waals surface area contributed by atoms with Crippen molar-refractivity contribution in [1.29, 1.82) is 0 Å². The molecule has 2 heterocycles. The van der Waals surface area contributed by atoms with Gasteiger partial charge in [0.15, 0.2) is 12.6 Å². The highest BCUT2D eigenvalue weighted by Gasteiger charge is 2.32. The second kappa shape index (κ2) is 12.2. The van der Waals surface area contributed by atoms with Gasteiger partial charge in [-0.05, 0) is 63.6 Å². The van der Waals surface area contributed by atoms with Crippen LogP contribution in [0.15, 0.2) is 48.5 Å². The number of benzene rings is 2. The van der Waals surface area contributed by atoms with E-state index >= 15 is 0 Å². The van der Waals surface area contributed by atoms with Crippen LogP contribution >= 0.6 is 0 Å². The summed E-state index contributed by atoms with van der Waals surface area (Å²) in [6.45, 7) is 4.10. The second-order valence-electron chi connectivity index (χ2n) is 9.74. The molecule has 2 aliphatic heterocycles. The molecule has 0 spiro atoms. The molecule has 0 aliphatic carbocycles. The molecule has 2 aromatic carbocycles. The van der Waals surface area contributed by atoms with E-state index in [0.717, 1.165) is 37.7 Å². The lowest BCUT2D eigenvalue weighted by Gasteiger charge is -2.36. The summed E-state index contributed by atoms with van der Waals surface area (Å²) in [5.41, 5.74) is 1.43. The van der Waals surface area contributed by atoms with Gasteiger partial charge in [0.2, 0.25) is 0 Å². The van der Waals surface area contributed by atoms with Crippen molar-refractivity contribution in [2.24, 2.45) is 0 Å². The molecule has 4 rings (SSSR count). The fourth-order valence-electron chi connectivity index (χ4n) is 4.95. The molecule has 2 aromatic rings. The normalized spacial score (nSPS) is 30.1. The number of hydrogen-bond donors (Lipinski definition) is 3. The standard InChI is InChI=1S/C28H38O7/c1-3-22-17-23(34-28(33-22)25-12-4-5-13-26(25)31)11-7-10-21(30)16-24-14-18(2)32-27(35-24)19-8-6-9-20(29)15-19/h4-6,8-9,12-13,15,18,21-24,27-31H,3,7,10-11,14,16-17H2,1-2H3/t18-,21?,22?,23?,24?,27?,28?/m0/s1. The van der Waals surface area contributed by atoms with Crippen LogP contribution in [-0.4, -0.2) is 45.8 Å². The van der Waals surface area contributed by atoms with Crippen molar-refractivity contribution < 1.29 is 34.3 Å². The van der Waals surface area contributed by atoms with Gasteiger partial charge >= 0.3 is 0 Å². The van der Waals surface area contributed by atoms with E-state index in [9.17, 15) is 15.3 Å². The van der Waals surface area contributed by atoms with Gasteiger partial charge in [0.05, 0.1) is 30.5 Å². The maximum atomic E-state index is 10.7. The van der Waals surface area contributed by atoms with E-state index in [1.165, 1.54) is 0 Å². The second-order valence-corrected chi connectivity index (χ2v) is 9.74. The first-order chi connectivity index (χ1) is 16.9. The van der Waals surface area contributed by atoms with Crippen molar-refractivity contribution >= 4 is 0 Å². The van der Waals surface area contributed by atoms with Gasteiger partial charge in [-0.3, -0.25) is 0 Å². The first kappa shape index (κ1) is 25.9. The molecule has 35 heavy (non-hydrogen) atoms. The number of aliphatic hydroxyl groups is 1. The number of phenolic OH excluding ortho intramolecular Hbond substituents is 2. The van der Waals surface area contributed by atoms with Crippen LogP contribution in [0.1, 0.15) is 82.5 Å². The Morgan fingerprint density at radius 2 is 1.66 bits per heavy atom. The summed E-state index contributed by atoms with van der Waals surface area (Å²) in [6.07, 6.45) is 3.62. The number of phenols is 2. The Morgan fingerprint density at radius 1 is 0.886 bits per heavy atom. The van der Waals surface area contributed by atoms with Crippen LogP contribution in [0, 0.1) is 0 Å². The summed E-state index contributed by atoms with van der Waals surface area (Å²) in [4.78, 5) is 0. The van der Waals surface area contributed by atoms with Gasteiger partial charge in [-0.1, -0.05) is 37.3 Å². The van der Waals surface area contributed by atoms with Crippen LogP contribution in [0.3, 0.4) is 0 Å². The minimum Gasteiger partial charge on any atom is -0.508 e. The molecule has 0 saturated carbocycles. The molecule has 7 nitrogen and oxygen atoms in total. The van der Waals surface area contributed by atoms with E-state index in [1.54, 1.807) is 30.3 Å². The van der Waals surface area contributed by atoms with E-state index in [0.29, 0.717) is 18.4 Å². The van der Waals surface area contributed by atoms with Crippen molar-refractivity contribution in [3.05, 3.63) is 59.7 Å². The summed E-state index contributed by atoms with van der Waals surface area (Å²) in [6, 6.07) is 14.0. The van der Waals surface area contributed by atoms with Crippen LogP contribution in [0.25, 0.3) is 0 Å². The smallest absolute Gasteiger partial charge is 0.188 e. The van der Waals surface area contributed by atoms with Gasteiger partial charge in [-0.2, -0.15) is 0 Å². The van der Waals surface area contributed by atoms with Gasteiger partial charge in [-0.15, -0.1) is 0 Å². The van der Waals surface area contributed by atoms with E-state index in [2.05, 4.69) is 6.92 Å². The van der Waals surface area contributed by atoms with Crippen molar-refractivity contribution in [2.45, 2.75) is 102 Å². The van der Waals surface area contributed by atoms with E-state index in [-0.39, 0.29) is 35.9 Å². The zero-order valence-corrected chi connectivity index (χ0v) is 20.6. The van der Waals surface area contributed by atoms with Crippen LogP contribution in [-0.2, 0) is 18.9 Å². The highest BCUT2D eigenvalue weighted by molar-refractivity contribution is 5.33. The first-order valence-electron chi connectivity index (χ1n) is 12.8. The zero-order chi connectivity index (χ0) is 24.8. The Hall–Kier alpha value is -2.16. The fourth-order valence-corrected chi connectivity index (χ4v) is 4.95. The number of hydrogen-bond acceptors (Lipinski definition) is 7. The van der Waals surface area contributed by atoms with Gasteiger partial charge in [-0.25, -0.2) is 0 Å². The average Bonchev–Trinajstić information content (AvgIpc) is 2.83. The minimum absolute atomic E-state index is 0.00116. The predicted octanol–water partition coefficient (Wildman–Crippen LogP) is 5.49. The van der Waals surface area contributed by atoms with Crippen molar-refractivity contribution in [2.75, 3.05) is 0 Å². The molecule has 2 aliphatic rings. The van der Waals surface area contributed by atoms with Crippen LogP contribution in [0.2, 0.25) is 0 Å². The van der Waals surface area contributed by atoms with Crippen LogP contribution in [0.4, 0.5) is 0 Å². The van der Waals surface area contributed by atoms with Crippen molar-refractivity contribution in [3.63, 3.8) is 0 Å². The zero-order valence-electron chi connectivity index (χ0n) is 20.6. The molecule has 0 bridgehead atoms. The van der Waals surface area contributed by atoms with E-state index in [4.69, 9.17) is 18.9 Å². The van der Waals surface area contributed by atoms with Gasteiger partial charge in [0.25, 0.3) is 0 Å². The highest BCUT2D eigenvalue weighted by atomic mass is 16.7. The average molecular weight is 487 g/mol. The molecule has 0 aromatic heterocycles. The Balaban J connectivity index is 1.26. The van der Waals surface area contributed by atoms with Crippen LogP contribution < -0.4 is 0 Å². The summed E-state index contributed by atoms with van der Waals surface area (Å²) in [5.74, 6) is 0.355. The molecule has 7 heteroatoms. The van der Waals surface area contributed by atoms with E-state index in [1.807, 2.05) is 25.1 Å². The molecule has 192 valence electrons. The topological polar surface area (TPSA) is 97.6 Å². The van der Waals surface area contributed by atoms with Gasteiger partial charge in [0, 0.05) is 17.5 Å². The lowest BCUT2D eigenvalue weighted by molar-refractivity contribution is -0.250. The lowest BCUT2D eigenvalue weighted by Crippen LogP contribution is -2.35. The quantitative estimate of drug-likeness (QED) is 0.431. The van der Waals surface area contributed by atoms with Gasteiger partial charge < -0.3 is 34.3 Å². The Morgan fingerprint density at radius 3 is 2.43 bits per heavy atom. The van der Waals surface area contributed by atoms with Crippen molar-refractivity contribution in [3.8, 4) is 11.5 Å². The lowest BCUT2D eigenvalue weighted by atomic mass is 9.97. The monoisotopic (exact) mass is 486 g/mol. The maximum Gasteiger partial charge on any atom is 0.188 e. The summed E-state index contributed by atoms with van der Waals surface area (Å²) in [7, 11) is 0. The molecule has 0 amide bonds. The highest BCUT2D eigenvalue weighted by Crippen LogP contribution is 2.37. The number of ether oxygens (including phenoxy) is 4. The summed E-state index contributed by atoms with van der Waals surface area (Å²) in [5, 5.41) is 30.7.